The molecule has 0 atom stereocenters. The molecule has 0 amide bonds. The van der Waals surface area contributed by atoms with Crippen molar-refractivity contribution in [3.63, 3.8) is 0 Å². The second-order valence-electron chi connectivity index (χ2n) is 6.08. The standard InChI is InChI=1S/C23H15ClN2O2S/c24-20-9-5-4-8-19(20)22(27)28-18-12-10-16(11-13-18)14-25-23-26-21(15-29-23)17-6-2-1-3-7-17/h1-15H. The van der Waals surface area contributed by atoms with Crippen LogP contribution in [0.25, 0.3) is 11.3 Å². The van der Waals surface area contributed by atoms with Crippen LogP contribution in [0.2, 0.25) is 5.02 Å². The molecule has 0 aliphatic carbocycles. The van der Waals surface area contributed by atoms with Gasteiger partial charge < -0.3 is 4.74 Å². The fourth-order valence-corrected chi connectivity index (χ4v) is 3.49. The van der Waals surface area contributed by atoms with Crippen molar-refractivity contribution in [2.75, 3.05) is 0 Å². The summed E-state index contributed by atoms with van der Waals surface area (Å²) in [5, 5.41) is 3.02. The number of aliphatic imine (C=N–C) groups is 1. The first kappa shape index (κ1) is 19.1. The number of benzene rings is 3. The smallest absolute Gasteiger partial charge is 0.345 e. The first-order valence-electron chi connectivity index (χ1n) is 8.81. The van der Waals surface area contributed by atoms with Gasteiger partial charge in [0.2, 0.25) is 5.13 Å². The van der Waals surface area contributed by atoms with Crippen molar-refractivity contribution in [1.29, 1.82) is 0 Å². The Labute approximate surface area is 177 Å². The normalized spacial score (nSPS) is 10.9. The number of thiazole rings is 1. The van der Waals surface area contributed by atoms with E-state index in [1.54, 1.807) is 42.6 Å². The molecule has 0 N–H and O–H groups in total. The van der Waals surface area contributed by atoms with E-state index in [0.29, 0.717) is 21.5 Å². The molecule has 0 bridgehead atoms. The van der Waals surface area contributed by atoms with Gasteiger partial charge in [-0.2, -0.15) is 0 Å². The molecule has 0 saturated carbocycles. The molecule has 1 heterocycles. The summed E-state index contributed by atoms with van der Waals surface area (Å²) in [5.74, 6) is -0.0547. The second kappa shape index (κ2) is 8.82. The van der Waals surface area contributed by atoms with E-state index in [0.717, 1.165) is 16.8 Å². The van der Waals surface area contributed by atoms with Crippen molar-refractivity contribution in [3.05, 3.63) is 100 Å². The third-order valence-corrected chi connectivity index (χ3v) is 5.15. The Morgan fingerprint density at radius 2 is 1.69 bits per heavy atom. The summed E-state index contributed by atoms with van der Waals surface area (Å²) >= 11 is 7.51. The maximum Gasteiger partial charge on any atom is 0.345 e. The molecule has 4 nitrogen and oxygen atoms in total. The van der Waals surface area contributed by atoms with E-state index in [-0.39, 0.29) is 0 Å². The quantitative estimate of drug-likeness (QED) is 0.213. The molecule has 4 rings (SSSR count). The number of carbonyl (C=O) groups excluding carboxylic acids is 1. The van der Waals surface area contributed by atoms with Crippen LogP contribution in [0.1, 0.15) is 15.9 Å². The summed E-state index contributed by atoms with van der Waals surface area (Å²) in [4.78, 5) is 21.2. The van der Waals surface area contributed by atoms with Crippen molar-refractivity contribution in [2.24, 2.45) is 4.99 Å². The van der Waals surface area contributed by atoms with Crippen molar-refractivity contribution in [3.8, 4) is 17.0 Å². The number of hydrogen-bond acceptors (Lipinski definition) is 5. The summed E-state index contributed by atoms with van der Waals surface area (Å²) in [6, 6.07) is 23.8. The van der Waals surface area contributed by atoms with E-state index >= 15 is 0 Å². The van der Waals surface area contributed by atoms with E-state index in [4.69, 9.17) is 16.3 Å². The fourth-order valence-electron chi connectivity index (χ4n) is 2.61. The Hall–Kier alpha value is -3.28. The molecule has 0 spiro atoms. The van der Waals surface area contributed by atoms with Gasteiger partial charge in [-0.25, -0.2) is 14.8 Å². The van der Waals surface area contributed by atoms with Gasteiger partial charge in [0, 0.05) is 17.2 Å². The number of nitrogens with zero attached hydrogens (tertiary/aromatic N) is 2. The minimum atomic E-state index is -0.492. The highest BCUT2D eigenvalue weighted by atomic mass is 35.5. The van der Waals surface area contributed by atoms with Crippen LogP contribution in [-0.2, 0) is 0 Å². The molecule has 0 fully saturated rings. The molecule has 6 heteroatoms. The lowest BCUT2D eigenvalue weighted by atomic mass is 10.2. The molecule has 142 valence electrons. The van der Waals surface area contributed by atoms with Crippen LogP contribution in [0.15, 0.2) is 89.2 Å². The van der Waals surface area contributed by atoms with Gasteiger partial charge in [0.1, 0.15) is 5.75 Å². The number of halogens is 1. The fraction of sp³-hybridized carbons (Fsp3) is 0. The van der Waals surface area contributed by atoms with Gasteiger partial charge in [-0.15, -0.1) is 11.3 Å². The number of carbonyl (C=O) groups is 1. The van der Waals surface area contributed by atoms with Crippen LogP contribution in [-0.4, -0.2) is 17.2 Å². The van der Waals surface area contributed by atoms with E-state index in [1.165, 1.54) is 11.3 Å². The Kier molecular flexibility index (Phi) is 5.79. The zero-order valence-corrected chi connectivity index (χ0v) is 16.7. The summed E-state index contributed by atoms with van der Waals surface area (Å²) in [6.45, 7) is 0. The van der Waals surface area contributed by atoms with Crippen molar-refractivity contribution < 1.29 is 9.53 Å². The molecule has 1 aromatic heterocycles. The van der Waals surface area contributed by atoms with Crippen molar-refractivity contribution in [1.82, 2.24) is 4.98 Å². The summed E-state index contributed by atoms with van der Waals surface area (Å²) in [6.07, 6.45) is 1.73. The van der Waals surface area contributed by atoms with E-state index in [2.05, 4.69) is 9.98 Å². The third kappa shape index (κ3) is 4.77. The largest absolute Gasteiger partial charge is 0.423 e. The SMILES string of the molecule is O=C(Oc1ccc(C=Nc2nc(-c3ccccc3)cs2)cc1)c1ccccc1Cl. The van der Waals surface area contributed by atoms with Gasteiger partial charge >= 0.3 is 5.97 Å². The van der Waals surface area contributed by atoms with Gasteiger partial charge in [0.05, 0.1) is 16.3 Å². The van der Waals surface area contributed by atoms with E-state index in [9.17, 15) is 4.79 Å². The summed E-state index contributed by atoms with van der Waals surface area (Å²) in [5.41, 5.74) is 3.18. The highest BCUT2D eigenvalue weighted by molar-refractivity contribution is 7.13. The predicted molar refractivity (Wildman–Crippen MR) is 118 cm³/mol. The molecule has 29 heavy (non-hydrogen) atoms. The monoisotopic (exact) mass is 418 g/mol. The van der Waals surface area contributed by atoms with Crippen LogP contribution >= 0.6 is 22.9 Å². The molecule has 4 aromatic rings. The van der Waals surface area contributed by atoms with Gasteiger partial charge in [-0.1, -0.05) is 54.1 Å². The minimum Gasteiger partial charge on any atom is -0.423 e. The summed E-state index contributed by atoms with van der Waals surface area (Å²) < 4.78 is 5.37. The molecular weight excluding hydrogens is 404 g/mol. The lowest BCUT2D eigenvalue weighted by Crippen LogP contribution is -2.08. The number of hydrogen-bond donors (Lipinski definition) is 0. The van der Waals surface area contributed by atoms with Crippen LogP contribution < -0.4 is 4.74 Å². The first-order valence-corrected chi connectivity index (χ1v) is 10.1. The maximum atomic E-state index is 12.2. The zero-order valence-electron chi connectivity index (χ0n) is 15.2. The molecule has 0 radical (unpaired) electrons. The lowest BCUT2D eigenvalue weighted by Gasteiger charge is -2.05. The number of rotatable bonds is 5. The first-order chi connectivity index (χ1) is 14.2. The number of aromatic nitrogens is 1. The average molecular weight is 419 g/mol. The molecule has 0 saturated heterocycles. The van der Waals surface area contributed by atoms with E-state index in [1.807, 2.05) is 47.8 Å². The van der Waals surface area contributed by atoms with Gasteiger partial charge in [-0.3, -0.25) is 0 Å². The Balaban J connectivity index is 1.41. The van der Waals surface area contributed by atoms with Crippen LogP contribution in [0, 0.1) is 0 Å². The molecule has 0 aliphatic rings. The topological polar surface area (TPSA) is 51.5 Å². The third-order valence-electron chi connectivity index (χ3n) is 4.07. The molecular formula is C23H15ClN2O2S. The Morgan fingerprint density at radius 1 is 0.966 bits per heavy atom. The lowest BCUT2D eigenvalue weighted by molar-refractivity contribution is 0.0735. The number of ether oxygens (including phenoxy) is 1. The molecule has 0 unspecified atom stereocenters. The second-order valence-corrected chi connectivity index (χ2v) is 7.32. The Morgan fingerprint density at radius 3 is 2.45 bits per heavy atom. The van der Waals surface area contributed by atoms with Crippen molar-refractivity contribution >= 4 is 40.3 Å². The number of esters is 1. The van der Waals surface area contributed by atoms with Crippen LogP contribution in [0.4, 0.5) is 5.13 Å². The minimum absolute atomic E-state index is 0.331. The van der Waals surface area contributed by atoms with Gasteiger partial charge in [0.15, 0.2) is 0 Å². The maximum absolute atomic E-state index is 12.2. The van der Waals surface area contributed by atoms with Gasteiger partial charge in [0.25, 0.3) is 0 Å². The summed E-state index contributed by atoms with van der Waals surface area (Å²) in [7, 11) is 0. The Bertz CT molecular complexity index is 1150. The van der Waals surface area contributed by atoms with Crippen molar-refractivity contribution in [2.45, 2.75) is 0 Å². The molecule has 3 aromatic carbocycles. The molecule has 0 aliphatic heterocycles. The predicted octanol–water partition coefficient (Wildman–Crippen LogP) is 6.43. The average Bonchev–Trinajstić information content (AvgIpc) is 3.23. The van der Waals surface area contributed by atoms with Crippen LogP contribution in [0.5, 0.6) is 5.75 Å². The highest BCUT2D eigenvalue weighted by Crippen LogP contribution is 2.26. The zero-order chi connectivity index (χ0) is 20.1. The highest BCUT2D eigenvalue weighted by Gasteiger charge is 2.12. The van der Waals surface area contributed by atoms with E-state index < -0.39 is 5.97 Å². The van der Waals surface area contributed by atoms with Crippen LogP contribution in [0.3, 0.4) is 0 Å². The van der Waals surface area contributed by atoms with Gasteiger partial charge in [-0.05, 0) is 42.0 Å².